The Morgan fingerprint density at radius 1 is 0.426 bits per heavy atom. The molecule has 0 saturated heterocycles. The van der Waals surface area contributed by atoms with E-state index in [-0.39, 0.29) is 17.1 Å². The van der Waals surface area contributed by atoms with E-state index in [4.69, 9.17) is 33.1 Å². The van der Waals surface area contributed by atoms with Gasteiger partial charge in [-0.2, -0.15) is 0 Å². The molecule has 0 radical (unpaired) electrons. The fourth-order valence-corrected chi connectivity index (χ4v) is 6.75. The summed E-state index contributed by atoms with van der Waals surface area (Å²) in [5.74, 6) is 1.60. The van der Waals surface area contributed by atoms with Crippen LogP contribution in [0.2, 0.25) is 0 Å². The van der Waals surface area contributed by atoms with E-state index >= 15 is 0 Å². The highest BCUT2D eigenvalue weighted by molar-refractivity contribution is 6.13. The Labute approximate surface area is 326 Å². The third-order valence-electron chi connectivity index (χ3n) is 9.29. The van der Waals surface area contributed by atoms with Gasteiger partial charge in [0.05, 0.1) is 13.7 Å². The van der Waals surface area contributed by atoms with Gasteiger partial charge in [-0.15, -0.1) is 0 Å². The summed E-state index contributed by atoms with van der Waals surface area (Å²) in [4.78, 5) is 15.9. The zero-order chi connectivity index (χ0) is 44.6. The molecule has 0 unspecified atom stereocenters. The van der Waals surface area contributed by atoms with E-state index in [0.29, 0.717) is 34.0 Å². The maximum Gasteiger partial charge on any atom is 0.164 e. The van der Waals surface area contributed by atoms with Crippen molar-refractivity contribution in [2.75, 3.05) is 4.90 Å². The molecule has 0 saturated carbocycles. The van der Waals surface area contributed by atoms with Crippen LogP contribution in [0.3, 0.4) is 0 Å². The average Bonchev–Trinajstić information content (AvgIpc) is 3.72. The maximum atomic E-state index is 8.82. The van der Waals surface area contributed by atoms with Crippen molar-refractivity contribution >= 4 is 49.8 Å². The highest BCUT2D eigenvalue weighted by Gasteiger charge is 2.18. The molecule has 0 spiro atoms. The van der Waals surface area contributed by atoms with E-state index in [9.17, 15) is 0 Å². The molecular formula is C49H32N4O. The molecule has 2 aromatic heterocycles. The van der Waals surface area contributed by atoms with Crippen molar-refractivity contribution < 1.29 is 18.1 Å². The monoisotopic (exact) mass is 702 g/mol. The lowest BCUT2D eigenvalue weighted by Gasteiger charge is -2.25. The summed E-state index contributed by atoms with van der Waals surface area (Å²) in [5.41, 5.74) is 4.47. The molecular weight excluding hydrogens is 661 g/mol. The van der Waals surface area contributed by atoms with Gasteiger partial charge in [0.25, 0.3) is 0 Å². The van der Waals surface area contributed by atoms with Crippen LogP contribution in [0, 0.1) is 0 Å². The molecule has 0 amide bonds. The molecule has 10 aromatic rings. The highest BCUT2D eigenvalue weighted by atomic mass is 16.3. The molecule has 8 aromatic carbocycles. The molecule has 54 heavy (non-hydrogen) atoms. The van der Waals surface area contributed by atoms with Gasteiger partial charge in [0, 0.05) is 50.6 Å². The van der Waals surface area contributed by atoms with E-state index in [1.54, 1.807) is 18.2 Å². The van der Waals surface area contributed by atoms with Crippen molar-refractivity contribution in [1.82, 2.24) is 15.0 Å². The van der Waals surface area contributed by atoms with Crippen molar-refractivity contribution in [2.45, 2.75) is 0 Å². The fraction of sp³-hybridized carbons (Fsp3) is 0. The summed E-state index contributed by atoms with van der Waals surface area (Å²) in [5, 5.41) is 3.65. The number of aromatic nitrogens is 3. The molecule has 5 heteroatoms. The number of hydrogen-bond donors (Lipinski definition) is 0. The average molecular weight is 703 g/mol. The van der Waals surface area contributed by atoms with Crippen LogP contribution in [0.25, 0.3) is 78.0 Å². The largest absolute Gasteiger partial charge is 0.456 e. The third kappa shape index (κ3) is 5.74. The number of fused-ring (bicyclic) bond motifs is 4. The van der Waals surface area contributed by atoms with Crippen LogP contribution in [0.15, 0.2) is 198 Å². The zero-order valence-corrected chi connectivity index (χ0v) is 28.4. The Balaban J connectivity index is 1.09. The number of anilines is 3. The number of rotatable bonds is 7. The minimum Gasteiger partial charge on any atom is -0.456 e. The van der Waals surface area contributed by atoms with Gasteiger partial charge in [-0.25, -0.2) is 15.0 Å². The van der Waals surface area contributed by atoms with E-state index in [2.05, 4.69) is 24.3 Å². The van der Waals surface area contributed by atoms with Crippen LogP contribution in [0.5, 0.6) is 0 Å². The molecule has 10 rings (SSSR count). The van der Waals surface area contributed by atoms with Gasteiger partial charge in [-0.05, 0) is 70.3 Å². The second-order valence-electron chi connectivity index (χ2n) is 12.6. The van der Waals surface area contributed by atoms with Gasteiger partial charge >= 0.3 is 0 Å². The van der Waals surface area contributed by atoms with Gasteiger partial charge in [-0.1, -0.05) is 139 Å². The van der Waals surface area contributed by atoms with Gasteiger partial charge < -0.3 is 9.32 Å². The van der Waals surface area contributed by atoms with Crippen LogP contribution < -0.4 is 4.90 Å². The molecule has 0 fully saturated rings. The summed E-state index contributed by atoms with van der Waals surface area (Å²) in [6.45, 7) is 0. The Kier molecular flexibility index (Phi) is 5.56. The minimum absolute atomic E-state index is 0.143. The highest BCUT2D eigenvalue weighted by Crippen LogP contribution is 2.41. The predicted molar refractivity (Wildman–Crippen MR) is 221 cm³/mol. The van der Waals surface area contributed by atoms with Gasteiger partial charge in [-0.3, -0.25) is 0 Å². The first kappa shape index (κ1) is 22.5. The van der Waals surface area contributed by atoms with E-state index < -0.39 is 60.4 Å². The Morgan fingerprint density at radius 2 is 1.02 bits per heavy atom. The SMILES string of the molecule is [2H]c1c([2H])c([2H])c(N(c2ccc3c(c2)oc2cccc(-c4ccc(-c5nc(-c6ccccc6)nc(-c6ccc7ccccc7c6)n5)cc4)c23)c2c([2H])c([2H])c([2H])c([2H])c2[2H])c([2H])c1[2H]. The van der Waals surface area contributed by atoms with E-state index in [1.807, 2.05) is 91.0 Å². The van der Waals surface area contributed by atoms with Crippen LogP contribution in [0.4, 0.5) is 17.1 Å². The number of hydrogen-bond acceptors (Lipinski definition) is 5. The van der Waals surface area contributed by atoms with Crippen LogP contribution >= 0.6 is 0 Å². The quantitative estimate of drug-likeness (QED) is 0.165. The summed E-state index contributed by atoms with van der Waals surface area (Å²) in [6.07, 6.45) is 0. The fourth-order valence-electron chi connectivity index (χ4n) is 6.75. The van der Waals surface area contributed by atoms with Gasteiger partial charge in [0.15, 0.2) is 17.5 Å². The summed E-state index contributed by atoms with van der Waals surface area (Å²) in [6, 6.07) is 36.2. The third-order valence-corrected chi connectivity index (χ3v) is 9.29. The van der Waals surface area contributed by atoms with Crippen LogP contribution in [0.1, 0.15) is 13.7 Å². The normalized spacial score (nSPS) is 13.9. The molecule has 0 bridgehead atoms. The minimum atomic E-state index is -0.647. The van der Waals surface area contributed by atoms with Crippen LogP contribution in [-0.4, -0.2) is 15.0 Å². The molecule has 2 heterocycles. The van der Waals surface area contributed by atoms with E-state index in [0.717, 1.165) is 48.9 Å². The van der Waals surface area contributed by atoms with Crippen molar-refractivity contribution in [2.24, 2.45) is 0 Å². The summed E-state index contributed by atoms with van der Waals surface area (Å²) in [7, 11) is 0. The Bertz CT molecular complexity index is 3400. The summed E-state index contributed by atoms with van der Waals surface area (Å²) >= 11 is 0. The number of benzene rings is 8. The summed E-state index contributed by atoms with van der Waals surface area (Å²) < 4.78 is 91.7. The predicted octanol–water partition coefficient (Wildman–Crippen LogP) is 13.1. The number of nitrogens with zero attached hydrogens (tertiary/aromatic N) is 4. The van der Waals surface area contributed by atoms with Gasteiger partial charge in [0.2, 0.25) is 0 Å². The van der Waals surface area contributed by atoms with Crippen LogP contribution in [-0.2, 0) is 0 Å². The molecule has 5 nitrogen and oxygen atoms in total. The lowest BCUT2D eigenvalue weighted by atomic mass is 9.98. The maximum absolute atomic E-state index is 8.82. The molecule has 0 aliphatic rings. The van der Waals surface area contributed by atoms with E-state index in [1.165, 1.54) is 0 Å². The molecule has 254 valence electrons. The second kappa shape index (κ2) is 13.3. The first-order valence-electron chi connectivity index (χ1n) is 22.2. The smallest absolute Gasteiger partial charge is 0.164 e. The molecule has 0 aliphatic heterocycles. The molecule has 0 atom stereocenters. The standard InChI is InChI=1S/C49H32N4O/c1-4-14-35(15-5-1)47-50-48(52-49(51-47)38-28-23-33-13-10-11-16-37(33)31-38)36-26-24-34(25-27-36)42-21-12-22-44-46(42)43-30-29-41(32-45(43)54-44)53(39-17-6-2-7-18-39)40-19-8-3-9-20-40/h1-32H/i2D,3D,6D,7D,8D,9D,17D,18D,19D,20D. The first-order valence-corrected chi connectivity index (χ1v) is 17.2. The molecule has 0 aliphatic carbocycles. The first-order chi connectivity index (χ1) is 30.9. The zero-order valence-electron chi connectivity index (χ0n) is 38.4. The van der Waals surface area contributed by atoms with Gasteiger partial charge in [0.1, 0.15) is 11.2 Å². The van der Waals surface area contributed by atoms with Crippen molar-refractivity contribution in [3.8, 4) is 45.3 Å². The van der Waals surface area contributed by atoms with Crippen molar-refractivity contribution in [1.29, 1.82) is 0 Å². The Hall–Kier alpha value is -7.37. The lowest BCUT2D eigenvalue weighted by molar-refractivity contribution is 0.669. The molecule has 0 N–H and O–H groups in total. The Morgan fingerprint density at radius 3 is 1.72 bits per heavy atom. The lowest BCUT2D eigenvalue weighted by Crippen LogP contribution is -2.09. The number of para-hydroxylation sites is 2. The van der Waals surface area contributed by atoms with Crippen molar-refractivity contribution in [3.63, 3.8) is 0 Å². The van der Waals surface area contributed by atoms with Crippen molar-refractivity contribution in [3.05, 3.63) is 194 Å². The number of furan rings is 1. The second-order valence-corrected chi connectivity index (χ2v) is 12.6. The topological polar surface area (TPSA) is 55.1 Å².